The van der Waals surface area contributed by atoms with Gasteiger partial charge in [0, 0.05) is 18.5 Å². The summed E-state index contributed by atoms with van der Waals surface area (Å²) in [5.41, 5.74) is 1.03. The van der Waals surface area contributed by atoms with E-state index in [1.165, 1.54) is 31.9 Å². The molecule has 2 fully saturated rings. The second-order valence-corrected chi connectivity index (χ2v) is 8.03. The highest BCUT2D eigenvalue weighted by molar-refractivity contribution is 7.90. The maximum Gasteiger partial charge on any atom is 0.175 e. The Kier molecular flexibility index (Phi) is 3.29. The van der Waals surface area contributed by atoms with Gasteiger partial charge < -0.3 is 5.32 Å². The van der Waals surface area contributed by atoms with E-state index in [0.29, 0.717) is 4.90 Å². The third-order valence-electron chi connectivity index (χ3n) is 4.28. The summed E-state index contributed by atoms with van der Waals surface area (Å²) in [5, 5.41) is 3.47. The van der Waals surface area contributed by atoms with Crippen LogP contribution in [0.5, 0.6) is 0 Å². The zero-order valence-electron chi connectivity index (χ0n) is 11.3. The first-order chi connectivity index (χ1) is 9.04. The molecule has 1 aromatic carbocycles. The van der Waals surface area contributed by atoms with Gasteiger partial charge in [-0.3, -0.25) is 0 Å². The maximum atomic E-state index is 11.4. The number of hydrogen-bond acceptors (Lipinski definition) is 3. The molecule has 104 valence electrons. The van der Waals surface area contributed by atoms with Crippen LogP contribution in [0.2, 0.25) is 0 Å². The van der Waals surface area contributed by atoms with Crippen LogP contribution in [0.15, 0.2) is 29.2 Å². The zero-order chi connectivity index (χ0) is 13.5. The fraction of sp³-hybridized carbons (Fsp3) is 0.600. The Bertz CT molecular complexity index is 530. The summed E-state index contributed by atoms with van der Waals surface area (Å²) in [6.07, 6.45) is 6.84. The van der Waals surface area contributed by atoms with Gasteiger partial charge >= 0.3 is 0 Å². The Morgan fingerprint density at radius 1 is 1.11 bits per heavy atom. The van der Waals surface area contributed by atoms with Crippen LogP contribution in [0.4, 0.5) is 5.69 Å². The van der Waals surface area contributed by atoms with E-state index in [9.17, 15) is 8.42 Å². The van der Waals surface area contributed by atoms with Crippen LogP contribution in [0, 0.1) is 17.8 Å². The number of hydrogen-bond donors (Lipinski definition) is 1. The SMILES string of the molecule is CS(=O)(=O)c1ccc(NCC(C2CC2)C2CC2)cc1. The van der Waals surface area contributed by atoms with Gasteiger partial charge in [0.2, 0.25) is 0 Å². The van der Waals surface area contributed by atoms with E-state index < -0.39 is 9.84 Å². The van der Waals surface area contributed by atoms with Crippen LogP contribution in [0.1, 0.15) is 25.7 Å². The quantitative estimate of drug-likeness (QED) is 0.871. The summed E-state index contributed by atoms with van der Waals surface area (Å²) in [6, 6.07) is 7.10. The molecule has 3 nitrogen and oxygen atoms in total. The first kappa shape index (κ1) is 13.0. The van der Waals surface area contributed by atoms with E-state index in [1.807, 2.05) is 12.1 Å². The van der Waals surface area contributed by atoms with Gasteiger partial charge in [-0.15, -0.1) is 0 Å². The van der Waals surface area contributed by atoms with Crippen molar-refractivity contribution >= 4 is 15.5 Å². The minimum Gasteiger partial charge on any atom is -0.385 e. The predicted octanol–water partition coefficient (Wildman–Crippen LogP) is 2.94. The molecule has 0 aromatic heterocycles. The fourth-order valence-corrected chi connectivity index (χ4v) is 3.45. The van der Waals surface area contributed by atoms with E-state index in [2.05, 4.69) is 5.32 Å². The molecule has 4 heteroatoms. The molecule has 0 spiro atoms. The molecule has 0 radical (unpaired) electrons. The topological polar surface area (TPSA) is 46.2 Å². The largest absolute Gasteiger partial charge is 0.385 e. The standard InChI is InChI=1S/C15H21NO2S/c1-19(17,18)14-8-6-13(7-9-14)16-10-15(11-2-3-11)12-4-5-12/h6-9,11-12,15-16H,2-5,10H2,1H3. The first-order valence-electron chi connectivity index (χ1n) is 7.08. The Hall–Kier alpha value is -1.03. The van der Waals surface area contributed by atoms with Gasteiger partial charge in [-0.05, 0) is 67.7 Å². The molecule has 19 heavy (non-hydrogen) atoms. The molecule has 0 atom stereocenters. The van der Waals surface area contributed by atoms with Crippen molar-refractivity contribution in [1.29, 1.82) is 0 Å². The van der Waals surface area contributed by atoms with Gasteiger partial charge in [0.15, 0.2) is 9.84 Å². The molecule has 0 heterocycles. The van der Waals surface area contributed by atoms with Crippen molar-refractivity contribution in [2.45, 2.75) is 30.6 Å². The minimum atomic E-state index is -3.09. The van der Waals surface area contributed by atoms with Crippen molar-refractivity contribution in [3.05, 3.63) is 24.3 Å². The summed E-state index contributed by atoms with van der Waals surface area (Å²) in [6.45, 7) is 1.04. The second kappa shape index (κ2) is 4.82. The van der Waals surface area contributed by atoms with E-state index in [4.69, 9.17) is 0 Å². The van der Waals surface area contributed by atoms with Crippen molar-refractivity contribution < 1.29 is 8.42 Å². The highest BCUT2D eigenvalue weighted by atomic mass is 32.2. The van der Waals surface area contributed by atoms with E-state index >= 15 is 0 Å². The average molecular weight is 279 g/mol. The maximum absolute atomic E-state index is 11.4. The number of anilines is 1. The molecule has 1 aromatic rings. The van der Waals surface area contributed by atoms with Crippen LogP contribution in [0.25, 0.3) is 0 Å². The molecule has 1 N–H and O–H groups in total. The van der Waals surface area contributed by atoms with Gasteiger partial charge in [-0.2, -0.15) is 0 Å². The Morgan fingerprint density at radius 3 is 2.05 bits per heavy atom. The monoisotopic (exact) mass is 279 g/mol. The summed E-state index contributed by atoms with van der Waals surface area (Å²) in [5.74, 6) is 2.71. The van der Waals surface area contributed by atoms with Crippen LogP contribution < -0.4 is 5.32 Å². The van der Waals surface area contributed by atoms with Gasteiger partial charge in [0.05, 0.1) is 4.90 Å². The number of sulfone groups is 1. The normalized spacial score (nSPS) is 19.7. The molecule has 0 unspecified atom stereocenters. The van der Waals surface area contributed by atoms with E-state index in [-0.39, 0.29) is 0 Å². The van der Waals surface area contributed by atoms with Gasteiger partial charge in [-0.25, -0.2) is 8.42 Å². The third-order valence-corrected chi connectivity index (χ3v) is 5.41. The third kappa shape index (κ3) is 3.30. The lowest BCUT2D eigenvalue weighted by Crippen LogP contribution is -2.18. The summed E-state index contributed by atoms with van der Waals surface area (Å²) in [4.78, 5) is 0.388. The van der Waals surface area contributed by atoms with Crippen molar-refractivity contribution in [3.63, 3.8) is 0 Å². The van der Waals surface area contributed by atoms with Crippen LogP contribution in [-0.4, -0.2) is 21.2 Å². The molecule has 2 aliphatic rings. The zero-order valence-corrected chi connectivity index (χ0v) is 12.1. The number of benzene rings is 1. The van der Waals surface area contributed by atoms with Crippen molar-refractivity contribution in [2.24, 2.45) is 17.8 Å². The molecule has 3 rings (SSSR count). The Labute approximate surface area is 115 Å². The molecule has 0 amide bonds. The molecular weight excluding hydrogens is 258 g/mol. The average Bonchev–Trinajstić information content (AvgIpc) is 3.23. The molecule has 0 aliphatic heterocycles. The summed E-state index contributed by atoms with van der Waals surface area (Å²) < 4.78 is 22.8. The van der Waals surface area contributed by atoms with Crippen molar-refractivity contribution in [3.8, 4) is 0 Å². The molecule has 2 aliphatic carbocycles. The lowest BCUT2D eigenvalue weighted by Gasteiger charge is -2.17. The predicted molar refractivity (Wildman–Crippen MR) is 77.0 cm³/mol. The van der Waals surface area contributed by atoms with Crippen LogP contribution in [-0.2, 0) is 9.84 Å². The van der Waals surface area contributed by atoms with Crippen molar-refractivity contribution in [2.75, 3.05) is 18.1 Å². The second-order valence-electron chi connectivity index (χ2n) is 6.02. The smallest absolute Gasteiger partial charge is 0.175 e. The highest BCUT2D eigenvalue weighted by Gasteiger charge is 2.40. The Balaban J connectivity index is 1.60. The van der Waals surface area contributed by atoms with Crippen LogP contribution >= 0.6 is 0 Å². The summed E-state index contributed by atoms with van der Waals surface area (Å²) in [7, 11) is -3.09. The van der Waals surface area contributed by atoms with E-state index in [0.717, 1.165) is 30.0 Å². The van der Waals surface area contributed by atoms with Crippen molar-refractivity contribution in [1.82, 2.24) is 0 Å². The molecule has 2 saturated carbocycles. The fourth-order valence-electron chi connectivity index (χ4n) is 2.82. The number of nitrogens with one attached hydrogen (secondary N) is 1. The van der Waals surface area contributed by atoms with Gasteiger partial charge in [-0.1, -0.05) is 0 Å². The van der Waals surface area contributed by atoms with Gasteiger partial charge in [0.1, 0.15) is 0 Å². The minimum absolute atomic E-state index is 0.388. The Morgan fingerprint density at radius 2 is 1.63 bits per heavy atom. The first-order valence-corrected chi connectivity index (χ1v) is 8.97. The lowest BCUT2D eigenvalue weighted by atomic mass is 9.98. The van der Waals surface area contributed by atoms with E-state index in [1.54, 1.807) is 12.1 Å². The van der Waals surface area contributed by atoms with Crippen LogP contribution in [0.3, 0.4) is 0 Å². The number of rotatable bonds is 6. The van der Waals surface area contributed by atoms with Gasteiger partial charge in [0.25, 0.3) is 0 Å². The lowest BCUT2D eigenvalue weighted by molar-refractivity contribution is 0.428. The molecular formula is C15H21NO2S. The molecule has 0 bridgehead atoms. The summed E-state index contributed by atoms with van der Waals surface area (Å²) >= 11 is 0. The molecule has 0 saturated heterocycles. The highest BCUT2D eigenvalue weighted by Crippen LogP contribution is 2.49.